The van der Waals surface area contributed by atoms with E-state index in [1.165, 1.54) is 0 Å². The summed E-state index contributed by atoms with van der Waals surface area (Å²) in [5.74, 6) is 1.47. The van der Waals surface area contributed by atoms with Gasteiger partial charge in [0.05, 0.1) is 29.3 Å². The van der Waals surface area contributed by atoms with Gasteiger partial charge in [0.2, 0.25) is 5.89 Å². The van der Waals surface area contributed by atoms with Crippen LogP contribution in [0.2, 0.25) is 0 Å². The van der Waals surface area contributed by atoms with E-state index in [-0.39, 0.29) is 0 Å². The first-order valence-corrected chi connectivity index (χ1v) is 8.47. The Morgan fingerprint density at radius 3 is 2.96 bits per heavy atom. The SMILES string of the molecule is C=CCN(Cc1cccc(C#N)c1)Cc1ncc(-c2cccs2)o1. The van der Waals surface area contributed by atoms with Gasteiger partial charge in [0.25, 0.3) is 0 Å². The third-order valence-corrected chi connectivity index (χ3v) is 4.41. The Morgan fingerprint density at radius 1 is 1.29 bits per heavy atom. The van der Waals surface area contributed by atoms with Gasteiger partial charge < -0.3 is 4.42 Å². The first kappa shape index (κ1) is 16.2. The molecule has 0 atom stereocenters. The maximum absolute atomic E-state index is 9.02. The van der Waals surface area contributed by atoms with E-state index in [1.807, 2.05) is 47.9 Å². The van der Waals surface area contributed by atoms with Crippen molar-refractivity contribution in [3.05, 3.63) is 77.6 Å². The molecule has 2 heterocycles. The molecule has 3 rings (SSSR count). The Balaban J connectivity index is 1.72. The second kappa shape index (κ2) is 7.73. The molecular formula is C19H17N3OS. The normalized spacial score (nSPS) is 10.7. The average molecular weight is 335 g/mol. The van der Waals surface area contributed by atoms with Gasteiger partial charge in [-0.15, -0.1) is 17.9 Å². The molecule has 0 spiro atoms. The number of benzene rings is 1. The molecule has 0 aliphatic rings. The predicted molar refractivity (Wildman–Crippen MR) is 95.3 cm³/mol. The fourth-order valence-corrected chi connectivity index (χ4v) is 3.14. The van der Waals surface area contributed by atoms with Crippen LogP contribution >= 0.6 is 11.3 Å². The molecule has 5 heteroatoms. The van der Waals surface area contributed by atoms with Crippen LogP contribution in [0.4, 0.5) is 0 Å². The molecule has 3 aromatic rings. The highest BCUT2D eigenvalue weighted by Crippen LogP contribution is 2.25. The molecule has 0 saturated carbocycles. The molecule has 0 aliphatic carbocycles. The molecule has 0 fully saturated rings. The van der Waals surface area contributed by atoms with Crippen LogP contribution in [0, 0.1) is 11.3 Å². The molecule has 0 saturated heterocycles. The lowest BCUT2D eigenvalue weighted by atomic mass is 10.1. The minimum absolute atomic E-state index is 0.591. The Hall–Kier alpha value is -2.68. The number of hydrogen-bond acceptors (Lipinski definition) is 5. The third-order valence-electron chi connectivity index (χ3n) is 3.53. The van der Waals surface area contributed by atoms with Crippen molar-refractivity contribution in [2.75, 3.05) is 6.54 Å². The fourth-order valence-electron chi connectivity index (χ4n) is 2.47. The second-order valence-electron chi connectivity index (χ2n) is 5.37. The Morgan fingerprint density at radius 2 is 2.21 bits per heavy atom. The van der Waals surface area contributed by atoms with Gasteiger partial charge in [-0.05, 0) is 29.1 Å². The lowest BCUT2D eigenvalue weighted by molar-refractivity contribution is 0.256. The van der Waals surface area contributed by atoms with Crippen LogP contribution in [-0.4, -0.2) is 16.4 Å². The maximum Gasteiger partial charge on any atom is 0.209 e. The number of thiophene rings is 1. The maximum atomic E-state index is 9.02. The summed E-state index contributed by atoms with van der Waals surface area (Å²) in [6, 6.07) is 13.8. The van der Waals surface area contributed by atoms with E-state index in [1.54, 1.807) is 17.5 Å². The molecule has 0 bridgehead atoms. The van der Waals surface area contributed by atoms with E-state index in [9.17, 15) is 0 Å². The first-order valence-electron chi connectivity index (χ1n) is 7.59. The minimum atomic E-state index is 0.591. The van der Waals surface area contributed by atoms with Crippen molar-refractivity contribution in [2.24, 2.45) is 0 Å². The van der Waals surface area contributed by atoms with Gasteiger partial charge in [0, 0.05) is 13.1 Å². The van der Waals surface area contributed by atoms with E-state index in [0.717, 1.165) is 16.2 Å². The van der Waals surface area contributed by atoms with Crippen LogP contribution in [0.15, 0.2) is 65.0 Å². The van der Waals surface area contributed by atoms with E-state index >= 15 is 0 Å². The summed E-state index contributed by atoms with van der Waals surface area (Å²) in [6.07, 6.45) is 3.63. The van der Waals surface area contributed by atoms with Gasteiger partial charge in [-0.2, -0.15) is 5.26 Å². The molecule has 120 valence electrons. The van der Waals surface area contributed by atoms with Crippen molar-refractivity contribution in [3.8, 4) is 16.7 Å². The van der Waals surface area contributed by atoms with Gasteiger partial charge in [-0.25, -0.2) is 4.98 Å². The summed E-state index contributed by atoms with van der Waals surface area (Å²) >= 11 is 1.63. The predicted octanol–water partition coefficient (Wildman–Crippen LogP) is 4.46. The Kier molecular flexibility index (Phi) is 5.22. The van der Waals surface area contributed by atoms with Gasteiger partial charge >= 0.3 is 0 Å². The summed E-state index contributed by atoms with van der Waals surface area (Å²) in [5.41, 5.74) is 1.75. The summed E-state index contributed by atoms with van der Waals surface area (Å²) in [6.45, 7) is 5.83. The van der Waals surface area contributed by atoms with Crippen molar-refractivity contribution < 1.29 is 4.42 Å². The van der Waals surface area contributed by atoms with Gasteiger partial charge in [0.15, 0.2) is 5.76 Å². The molecule has 0 unspecified atom stereocenters. The van der Waals surface area contributed by atoms with Crippen LogP contribution < -0.4 is 0 Å². The summed E-state index contributed by atoms with van der Waals surface area (Å²) in [5, 5.41) is 11.0. The van der Waals surface area contributed by atoms with E-state index in [0.29, 0.717) is 31.1 Å². The molecule has 0 radical (unpaired) electrons. The molecule has 1 aromatic carbocycles. The average Bonchev–Trinajstić information content (AvgIpc) is 3.26. The summed E-state index contributed by atoms with van der Waals surface area (Å²) in [7, 11) is 0. The van der Waals surface area contributed by atoms with Gasteiger partial charge in [0.1, 0.15) is 0 Å². The topological polar surface area (TPSA) is 53.1 Å². The van der Waals surface area contributed by atoms with Crippen LogP contribution in [-0.2, 0) is 13.1 Å². The van der Waals surface area contributed by atoms with E-state index in [4.69, 9.17) is 9.68 Å². The highest BCUT2D eigenvalue weighted by Gasteiger charge is 2.12. The van der Waals surface area contributed by atoms with Gasteiger partial charge in [-0.3, -0.25) is 4.90 Å². The zero-order valence-corrected chi connectivity index (χ0v) is 14.0. The van der Waals surface area contributed by atoms with Crippen molar-refractivity contribution in [1.29, 1.82) is 5.26 Å². The zero-order valence-electron chi connectivity index (χ0n) is 13.2. The quantitative estimate of drug-likeness (QED) is 0.598. The summed E-state index contributed by atoms with van der Waals surface area (Å²) in [4.78, 5) is 7.63. The first-order chi connectivity index (χ1) is 11.8. The Bertz CT molecular complexity index is 846. The fraction of sp³-hybridized carbons (Fsp3) is 0.158. The number of hydrogen-bond donors (Lipinski definition) is 0. The highest BCUT2D eigenvalue weighted by atomic mass is 32.1. The van der Waals surface area contributed by atoms with E-state index < -0.39 is 0 Å². The molecule has 24 heavy (non-hydrogen) atoms. The highest BCUT2D eigenvalue weighted by molar-refractivity contribution is 7.13. The lowest BCUT2D eigenvalue weighted by Crippen LogP contribution is -2.23. The van der Waals surface area contributed by atoms with E-state index in [2.05, 4.69) is 22.5 Å². The second-order valence-corrected chi connectivity index (χ2v) is 6.31. The number of oxazole rings is 1. The molecule has 4 nitrogen and oxygen atoms in total. The number of nitriles is 1. The molecule has 0 aliphatic heterocycles. The summed E-state index contributed by atoms with van der Waals surface area (Å²) < 4.78 is 5.86. The molecule has 2 aromatic heterocycles. The van der Waals surface area contributed by atoms with Crippen LogP contribution in [0.5, 0.6) is 0 Å². The molecule has 0 N–H and O–H groups in total. The number of rotatable bonds is 7. The van der Waals surface area contributed by atoms with Crippen LogP contribution in [0.25, 0.3) is 10.6 Å². The smallest absolute Gasteiger partial charge is 0.209 e. The van der Waals surface area contributed by atoms with Crippen LogP contribution in [0.3, 0.4) is 0 Å². The lowest BCUT2D eigenvalue weighted by Gasteiger charge is -2.19. The standard InChI is InChI=1S/C19H17N3OS/c1-2-8-22(13-16-6-3-5-15(10-16)11-20)14-19-21-12-17(23-19)18-7-4-9-24-18/h2-7,9-10,12H,1,8,13-14H2. The monoisotopic (exact) mass is 335 g/mol. The van der Waals surface area contributed by atoms with Crippen molar-refractivity contribution in [2.45, 2.75) is 13.1 Å². The largest absolute Gasteiger partial charge is 0.438 e. The van der Waals surface area contributed by atoms with Gasteiger partial charge in [-0.1, -0.05) is 24.3 Å². The van der Waals surface area contributed by atoms with Crippen LogP contribution in [0.1, 0.15) is 17.0 Å². The molecular weight excluding hydrogens is 318 g/mol. The number of nitrogens with zero attached hydrogens (tertiary/aromatic N) is 3. The van der Waals surface area contributed by atoms with Crippen molar-refractivity contribution >= 4 is 11.3 Å². The van der Waals surface area contributed by atoms with Crippen molar-refractivity contribution in [3.63, 3.8) is 0 Å². The number of aromatic nitrogens is 1. The third kappa shape index (κ3) is 3.99. The molecule has 0 amide bonds. The minimum Gasteiger partial charge on any atom is -0.438 e. The van der Waals surface area contributed by atoms with Crippen molar-refractivity contribution in [1.82, 2.24) is 9.88 Å². The zero-order chi connectivity index (χ0) is 16.8. The Labute approximate surface area is 145 Å².